The van der Waals surface area contributed by atoms with Crippen molar-refractivity contribution in [2.24, 2.45) is 0 Å². The van der Waals surface area contributed by atoms with Crippen LogP contribution in [0.15, 0.2) is 24.3 Å². The molecular weight excluding hydrogens is 258 g/mol. The number of hydrogen-bond acceptors (Lipinski definition) is 4. The number of benzene rings is 1. The first-order valence-electron chi connectivity index (χ1n) is 6.53. The van der Waals surface area contributed by atoms with Gasteiger partial charge in [0.15, 0.2) is 0 Å². The van der Waals surface area contributed by atoms with Crippen LogP contribution in [0, 0.1) is 0 Å². The first kappa shape index (κ1) is 16.0. The highest BCUT2D eigenvalue weighted by atomic mass is 16.6. The highest BCUT2D eigenvalue weighted by Crippen LogP contribution is 2.19. The Hall–Kier alpha value is -2.04. The number of carbonyl (C=O) groups excluding carboxylic acids is 2. The second kappa shape index (κ2) is 6.93. The van der Waals surface area contributed by atoms with Crippen LogP contribution in [0.2, 0.25) is 0 Å². The number of ether oxygens (including phenoxy) is 2. The Kier molecular flexibility index (Phi) is 5.55. The van der Waals surface area contributed by atoms with Gasteiger partial charge >= 0.3 is 6.09 Å². The largest absolute Gasteiger partial charge is 0.494 e. The molecule has 1 rings (SSSR count). The summed E-state index contributed by atoms with van der Waals surface area (Å²) in [4.78, 5) is 22.9. The SMILES string of the molecule is CCOc1cccc(C(C=O)NC(=O)OC(C)(C)C)c1. The molecule has 110 valence electrons. The van der Waals surface area contributed by atoms with Gasteiger partial charge in [-0.15, -0.1) is 0 Å². The minimum atomic E-state index is -0.759. The van der Waals surface area contributed by atoms with Gasteiger partial charge in [0.05, 0.1) is 6.61 Å². The van der Waals surface area contributed by atoms with E-state index in [1.54, 1.807) is 45.0 Å². The van der Waals surface area contributed by atoms with Crippen LogP contribution < -0.4 is 10.1 Å². The molecule has 0 saturated carbocycles. The molecule has 1 aromatic carbocycles. The van der Waals surface area contributed by atoms with Crippen molar-refractivity contribution >= 4 is 12.4 Å². The van der Waals surface area contributed by atoms with Gasteiger partial charge in [0.1, 0.15) is 23.7 Å². The highest BCUT2D eigenvalue weighted by Gasteiger charge is 2.20. The maximum atomic E-state index is 11.7. The molecule has 0 aliphatic carbocycles. The predicted molar refractivity (Wildman–Crippen MR) is 75.8 cm³/mol. The van der Waals surface area contributed by atoms with Crippen LogP contribution in [0.5, 0.6) is 5.75 Å². The molecule has 0 radical (unpaired) electrons. The Morgan fingerprint density at radius 1 is 1.40 bits per heavy atom. The van der Waals surface area contributed by atoms with Gasteiger partial charge in [-0.2, -0.15) is 0 Å². The molecule has 0 bridgehead atoms. The molecule has 5 nitrogen and oxygen atoms in total. The Labute approximate surface area is 119 Å². The number of alkyl carbamates (subject to hydrolysis) is 1. The standard InChI is InChI=1S/C15H21NO4/c1-5-19-12-8-6-7-11(9-12)13(10-17)16-14(18)20-15(2,3)4/h6-10,13H,5H2,1-4H3,(H,16,18). The Balaban J connectivity index is 2.78. The fourth-order valence-electron chi connectivity index (χ4n) is 1.59. The summed E-state index contributed by atoms with van der Waals surface area (Å²) in [7, 11) is 0. The maximum absolute atomic E-state index is 11.7. The van der Waals surface area contributed by atoms with Crippen molar-refractivity contribution in [2.75, 3.05) is 6.61 Å². The second-order valence-corrected chi connectivity index (χ2v) is 5.27. The summed E-state index contributed by atoms with van der Waals surface area (Å²) in [5.74, 6) is 0.655. The lowest BCUT2D eigenvalue weighted by molar-refractivity contribution is -0.109. The van der Waals surface area contributed by atoms with Gasteiger partial charge in [0, 0.05) is 0 Å². The van der Waals surface area contributed by atoms with Crippen molar-refractivity contribution in [3.8, 4) is 5.75 Å². The average molecular weight is 279 g/mol. The zero-order valence-electron chi connectivity index (χ0n) is 12.3. The zero-order valence-corrected chi connectivity index (χ0v) is 12.3. The van der Waals surface area contributed by atoms with Crippen molar-refractivity contribution in [1.29, 1.82) is 0 Å². The van der Waals surface area contributed by atoms with Gasteiger partial charge in [-0.05, 0) is 45.4 Å². The monoisotopic (exact) mass is 279 g/mol. The summed E-state index contributed by atoms with van der Waals surface area (Å²) >= 11 is 0. The van der Waals surface area contributed by atoms with E-state index in [1.165, 1.54) is 0 Å². The molecular formula is C15H21NO4. The van der Waals surface area contributed by atoms with Crippen molar-refractivity contribution in [2.45, 2.75) is 39.3 Å². The van der Waals surface area contributed by atoms with Crippen LogP contribution >= 0.6 is 0 Å². The molecule has 1 N–H and O–H groups in total. The summed E-state index contributed by atoms with van der Waals surface area (Å²) in [6.07, 6.45) is 0.0334. The highest BCUT2D eigenvalue weighted by molar-refractivity contribution is 5.74. The Morgan fingerprint density at radius 3 is 2.65 bits per heavy atom. The molecule has 0 spiro atoms. The van der Waals surface area contributed by atoms with E-state index < -0.39 is 17.7 Å². The third-order valence-electron chi connectivity index (χ3n) is 2.34. The second-order valence-electron chi connectivity index (χ2n) is 5.27. The van der Waals surface area contributed by atoms with Crippen molar-refractivity contribution in [1.82, 2.24) is 5.32 Å². The van der Waals surface area contributed by atoms with Crippen LogP contribution in [0.1, 0.15) is 39.3 Å². The molecule has 0 heterocycles. The average Bonchev–Trinajstić information content (AvgIpc) is 2.34. The molecule has 1 amide bonds. The van der Waals surface area contributed by atoms with Crippen LogP contribution in [0.3, 0.4) is 0 Å². The van der Waals surface area contributed by atoms with Crippen molar-refractivity contribution < 1.29 is 19.1 Å². The predicted octanol–water partition coefficient (Wildman–Crippen LogP) is 2.85. The molecule has 1 aromatic rings. The van der Waals surface area contributed by atoms with Crippen molar-refractivity contribution in [3.63, 3.8) is 0 Å². The normalized spacial score (nSPS) is 12.4. The van der Waals surface area contributed by atoms with Crippen molar-refractivity contribution in [3.05, 3.63) is 29.8 Å². The maximum Gasteiger partial charge on any atom is 0.408 e. The minimum Gasteiger partial charge on any atom is -0.494 e. The van der Waals surface area contributed by atoms with Gasteiger partial charge in [0.2, 0.25) is 0 Å². The van der Waals surface area contributed by atoms with E-state index in [9.17, 15) is 9.59 Å². The minimum absolute atomic E-state index is 0.536. The number of carbonyl (C=O) groups is 2. The van der Waals surface area contributed by atoms with Crippen LogP contribution in [0.4, 0.5) is 4.79 Å². The van der Waals surface area contributed by atoms with E-state index in [1.807, 2.05) is 6.92 Å². The molecule has 20 heavy (non-hydrogen) atoms. The number of amides is 1. The van der Waals surface area contributed by atoms with E-state index in [-0.39, 0.29) is 0 Å². The number of nitrogens with one attached hydrogen (secondary N) is 1. The topological polar surface area (TPSA) is 64.6 Å². The third kappa shape index (κ3) is 5.30. The molecule has 0 fully saturated rings. The first-order chi connectivity index (χ1) is 9.35. The molecule has 0 aliphatic rings. The van der Waals surface area contributed by atoms with Gasteiger partial charge in [0.25, 0.3) is 0 Å². The smallest absolute Gasteiger partial charge is 0.408 e. The fourth-order valence-corrected chi connectivity index (χ4v) is 1.59. The quantitative estimate of drug-likeness (QED) is 0.842. The zero-order chi connectivity index (χ0) is 15.2. The molecule has 0 aromatic heterocycles. The number of aldehydes is 1. The summed E-state index contributed by atoms with van der Waals surface area (Å²) in [5.41, 5.74) is 0.0434. The van der Waals surface area contributed by atoms with E-state index >= 15 is 0 Å². The van der Waals surface area contributed by atoms with Gasteiger partial charge < -0.3 is 19.6 Å². The first-order valence-corrected chi connectivity index (χ1v) is 6.53. The van der Waals surface area contributed by atoms with Gasteiger partial charge in [-0.3, -0.25) is 0 Å². The van der Waals surface area contributed by atoms with Gasteiger partial charge in [-0.1, -0.05) is 12.1 Å². The van der Waals surface area contributed by atoms with Crippen LogP contribution in [-0.2, 0) is 9.53 Å². The Bertz CT molecular complexity index is 465. The lowest BCUT2D eigenvalue weighted by Gasteiger charge is -2.21. The molecule has 1 unspecified atom stereocenters. The Morgan fingerprint density at radius 2 is 2.10 bits per heavy atom. The van der Waals surface area contributed by atoms with Crippen LogP contribution in [0.25, 0.3) is 0 Å². The van der Waals surface area contributed by atoms with E-state index in [0.717, 1.165) is 0 Å². The van der Waals surface area contributed by atoms with E-state index in [2.05, 4.69) is 5.32 Å². The summed E-state index contributed by atoms with van der Waals surface area (Å²) < 4.78 is 10.5. The summed E-state index contributed by atoms with van der Waals surface area (Å²) in [6, 6.07) is 6.28. The lowest BCUT2D eigenvalue weighted by atomic mass is 10.1. The van der Waals surface area contributed by atoms with E-state index in [4.69, 9.17) is 9.47 Å². The molecule has 0 aliphatic heterocycles. The number of rotatable bonds is 5. The molecule has 5 heteroatoms. The van der Waals surface area contributed by atoms with E-state index in [0.29, 0.717) is 24.2 Å². The third-order valence-corrected chi connectivity index (χ3v) is 2.34. The molecule has 1 atom stereocenters. The number of hydrogen-bond donors (Lipinski definition) is 1. The van der Waals surface area contributed by atoms with Crippen LogP contribution in [-0.4, -0.2) is 24.6 Å². The molecule has 0 saturated heterocycles. The summed E-state index contributed by atoms with van der Waals surface area (Å²) in [5, 5.41) is 2.52. The summed E-state index contributed by atoms with van der Waals surface area (Å²) in [6.45, 7) is 7.70. The fraction of sp³-hybridized carbons (Fsp3) is 0.467. The van der Waals surface area contributed by atoms with Gasteiger partial charge in [-0.25, -0.2) is 4.79 Å². The lowest BCUT2D eigenvalue weighted by Crippen LogP contribution is -2.35.